The summed E-state index contributed by atoms with van der Waals surface area (Å²) < 4.78 is 32.1. The standard InChI is InChI=1S/C18H17F2N5O/c19-13-5-4-12(9-14(13)20)11-25-8-2-1-3-16(25)18-23-17(24-26-18)15-10-21-6-7-22-15/h4-7,9-10,16H,1-3,8,11H2/t16-/m0/s1. The topological polar surface area (TPSA) is 67.9 Å². The number of hydrogen-bond acceptors (Lipinski definition) is 6. The summed E-state index contributed by atoms with van der Waals surface area (Å²) in [5, 5.41) is 4.00. The molecule has 2 aromatic heterocycles. The first-order valence-electron chi connectivity index (χ1n) is 8.48. The second-order valence-electron chi connectivity index (χ2n) is 6.28. The number of likely N-dealkylation sites (tertiary alicyclic amines) is 1. The normalized spacial score (nSPS) is 18.2. The van der Waals surface area contributed by atoms with Crippen LogP contribution in [0.2, 0.25) is 0 Å². The highest BCUT2D eigenvalue weighted by Crippen LogP contribution is 2.32. The van der Waals surface area contributed by atoms with Crippen LogP contribution in [0, 0.1) is 11.6 Å². The molecule has 0 amide bonds. The fourth-order valence-corrected chi connectivity index (χ4v) is 3.22. The van der Waals surface area contributed by atoms with E-state index in [1.807, 2.05) is 0 Å². The molecule has 4 rings (SSSR count). The van der Waals surface area contributed by atoms with E-state index >= 15 is 0 Å². The Balaban J connectivity index is 1.56. The number of aromatic nitrogens is 4. The molecular weight excluding hydrogens is 340 g/mol. The van der Waals surface area contributed by atoms with Gasteiger partial charge in [0.2, 0.25) is 11.7 Å². The summed E-state index contributed by atoms with van der Waals surface area (Å²) in [5.74, 6) is -0.771. The lowest BCUT2D eigenvalue weighted by Crippen LogP contribution is -2.33. The number of benzene rings is 1. The van der Waals surface area contributed by atoms with Gasteiger partial charge in [-0.3, -0.25) is 9.88 Å². The minimum Gasteiger partial charge on any atom is -0.337 e. The number of halogens is 2. The lowest BCUT2D eigenvalue weighted by Gasteiger charge is -2.33. The van der Waals surface area contributed by atoms with Crippen molar-refractivity contribution >= 4 is 0 Å². The van der Waals surface area contributed by atoms with Crippen LogP contribution in [0.1, 0.15) is 36.8 Å². The van der Waals surface area contributed by atoms with Crippen molar-refractivity contribution in [2.24, 2.45) is 0 Å². The van der Waals surface area contributed by atoms with Crippen molar-refractivity contribution in [3.05, 3.63) is 59.9 Å². The first kappa shape index (κ1) is 16.7. The molecule has 0 saturated carbocycles. The lowest BCUT2D eigenvalue weighted by atomic mass is 10.0. The van der Waals surface area contributed by atoms with Crippen molar-refractivity contribution < 1.29 is 13.3 Å². The van der Waals surface area contributed by atoms with E-state index in [9.17, 15) is 8.78 Å². The molecule has 26 heavy (non-hydrogen) atoms. The molecule has 3 heterocycles. The zero-order chi connectivity index (χ0) is 17.9. The van der Waals surface area contributed by atoms with Gasteiger partial charge in [-0.1, -0.05) is 17.6 Å². The highest BCUT2D eigenvalue weighted by molar-refractivity contribution is 5.45. The minimum atomic E-state index is -0.838. The Labute approximate surface area is 148 Å². The second kappa shape index (κ2) is 7.25. The maximum absolute atomic E-state index is 13.5. The summed E-state index contributed by atoms with van der Waals surface area (Å²) in [4.78, 5) is 14.8. The predicted molar refractivity (Wildman–Crippen MR) is 88.7 cm³/mol. The minimum absolute atomic E-state index is 0.0604. The van der Waals surface area contributed by atoms with Gasteiger partial charge in [0.1, 0.15) is 5.69 Å². The number of rotatable bonds is 4. The monoisotopic (exact) mass is 357 g/mol. The predicted octanol–water partition coefficient (Wildman–Crippen LogP) is 3.53. The van der Waals surface area contributed by atoms with Gasteiger partial charge in [-0.25, -0.2) is 13.8 Å². The van der Waals surface area contributed by atoms with Crippen molar-refractivity contribution in [2.45, 2.75) is 31.8 Å². The average molecular weight is 357 g/mol. The van der Waals surface area contributed by atoms with E-state index in [-0.39, 0.29) is 6.04 Å². The summed E-state index contributed by atoms with van der Waals surface area (Å²) in [6, 6.07) is 3.93. The van der Waals surface area contributed by atoms with Crippen LogP contribution in [0.15, 0.2) is 41.3 Å². The Kier molecular flexibility index (Phi) is 4.66. The third-order valence-corrected chi connectivity index (χ3v) is 4.50. The van der Waals surface area contributed by atoms with E-state index in [0.29, 0.717) is 29.5 Å². The quantitative estimate of drug-likeness (QED) is 0.712. The van der Waals surface area contributed by atoms with Gasteiger partial charge >= 0.3 is 0 Å². The molecule has 1 atom stereocenters. The largest absolute Gasteiger partial charge is 0.337 e. The number of nitrogens with zero attached hydrogens (tertiary/aromatic N) is 5. The van der Waals surface area contributed by atoms with Crippen LogP contribution in [0.4, 0.5) is 8.78 Å². The molecule has 8 heteroatoms. The molecule has 1 aliphatic rings. The van der Waals surface area contributed by atoms with Gasteiger partial charge < -0.3 is 4.52 Å². The Morgan fingerprint density at radius 1 is 1.15 bits per heavy atom. The SMILES string of the molecule is Fc1ccc(CN2CCCC[C@H]2c2nc(-c3cnccn3)no2)cc1F. The molecule has 1 aromatic carbocycles. The number of piperidine rings is 1. The Bertz CT molecular complexity index is 886. The molecule has 0 unspecified atom stereocenters. The van der Waals surface area contributed by atoms with Crippen LogP contribution in [0.5, 0.6) is 0 Å². The lowest BCUT2D eigenvalue weighted by molar-refractivity contribution is 0.111. The second-order valence-corrected chi connectivity index (χ2v) is 6.28. The van der Waals surface area contributed by atoms with E-state index in [4.69, 9.17) is 4.52 Å². The average Bonchev–Trinajstić information content (AvgIpc) is 3.16. The van der Waals surface area contributed by atoms with Crippen molar-refractivity contribution in [3.63, 3.8) is 0 Å². The summed E-state index contributed by atoms with van der Waals surface area (Å²) >= 11 is 0. The molecule has 0 spiro atoms. The van der Waals surface area contributed by atoms with Gasteiger partial charge in [0.05, 0.1) is 12.2 Å². The molecule has 0 bridgehead atoms. The van der Waals surface area contributed by atoms with Gasteiger partial charge in [0.25, 0.3) is 0 Å². The van der Waals surface area contributed by atoms with Crippen molar-refractivity contribution in [2.75, 3.05) is 6.54 Å². The van der Waals surface area contributed by atoms with E-state index in [1.54, 1.807) is 24.7 Å². The molecule has 0 radical (unpaired) electrons. The van der Waals surface area contributed by atoms with Gasteiger partial charge in [-0.05, 0) is 37.1 Å². The van der Waals surface area contributed by atoms with Crippen LogP contribution in [-0.2, 0) is 6.54 Å². The van der Waals surface area contributed by atoms with Crippen LogP contribution < -0.4 is 0 Å². The molecular formula is C18H17F2N5O. The third kappa shape index (κ3) is 3.45. The maximum Gasteiger partial charge on any atom is 0.244 e. The summed E-state index contributed by atoms with van der Waals surface area (Å²) in [6.07, 6.45) is 7.67. The van der Waals surface area contributed by atoms with Crippen LogP contribution in [0.25, 0.3) is 11.5 Å². The van der Waals surface area contributed by atoms with Crippen LogP contribution in [-0.4, -0.2) is 31.6 Å². The van der Waals surface area contributed by atoms with E-state index < -0.39 is 11.6 Å². The van der Waals surface area contributed by atoms with Crippen LogP contribution in [0.3, 0.4) is 0 Å². The van der Waals surface area contributed by atoms with E-state index in [2.05, 4.69) is 25.0 Å². The molecule has 0 aliphatic carbocycles. The summed E-state index contributed by atoms with van der Waals surface area (Å²) in [7, 11) is 0. The van der Waals surface area contributed by atoms with E-state index in [0.717, 1.165) is 31.9 Å². The molecule has 134 valence electrons. The highest BCUT2D eigenvalue weighted by atomic mass is 19.2. The smallest absolute Gasteiger partial charge is 0.244 e. The zero-order valence-corrected chi connectivity index (χ0v) is 14.0. The molecule has 0 N–H and O–H groups in total. The van der Waals surface area contributed by atoms with Gasteiger partial charge in [-0.2, -0.15) is 4.98 Å². The van der Waals surface area contributed by atoms with Crippen molar-refractivity contribution in [1.82, 2.24) is 25.0 Å². The summed E-state index contributed by atoms with van der Waals surface area (Å²) in [5.41, 5.74) is 1.26. The molecule has 1 aliphatic heterocycles. The first-order chi connectivity index (χ1) is 12.7. The molecule has 6 nitrogen and oxygen atoms in total. The van der Waals surface area contributed by atoms with E-state index in [1.165, 1.54) is 6.07 Å². The first-order valence-corrected chi connectivity index (χ1v) is 8.48. The molecule has 3 aromatic rings. The Morgan fingerprint density at radius 3 is 2.88 bits per heavy atom. The van der Waals surface area contributed by atoms with Crippen molar-refractivity contribution in [3.8, 4) is 11.5 Å². The van der Waals surface area contributed by atoms with Gasteiger partial charge in [-0.15, -0.1) is 0 Å². The maximum atomic E-state index is 13.5. The molecule has 1 saturated heterocycles. The summed E-state index contributed by atoms with van der Waals surface area (Å²) in [6.45, 7) is 1.32. The van der Waals surface area contributed by atoms with Crippen LogP contribution >= 0.6 is 0 Å². The molecule has 1 fully saturated rings. The fraction of sp³-hybridized carbons (Fsp3) is 0.333. The van der Waals surface area contributed by atoms with Gasteiger partial charge in [0.15, 0.2) is 11.6 Å². The van der Waals surface area contributed by atoms with Crippen molar-refractivity contribution in [1.29, 1.82) is 0 Å². The Hall–Kier alpha value is -2.74. The zero-order valence-electron chi connectivity index (χ0n) is 14.0. The highest BCUT2D eigenvalue weighted by Gasteiger charge is 2.29. The number of hydrogen-bond donors (Lipinski definition) is 0. The van der Waals surface area contributed by atoms with Gasteiger partial charge in [0, 0.05) is 18.9 Å². The third-order valence-electron chi connectivity index (χ3n) is 4.50. The Morgan fingerprint density at radius 2 is 2.08 bits per heavy atom. The fourth-order valence-electron chi connectivity index (χ4n) is 3.22.